The number of amides is 1. The molecule has 3 aliphatic heterocycles. The Hall–Kier alpha value is -1.38. The van der Waals surface area contributed by atoms with Crippen LogP contribution in [0.3, 0.4) is 0 Å². The second-order valence-corrected chi connectivity index (χ2v) is 10.3. The van der Waals surface area contributed by atoms with Gasteiger partial charge in [-0.2, -0.15) is 0 Å². The lowest BCUT2D eigenvalue weighted by Gasteiger charge is -2.39. The maximum absolute atomic E-state index is 12.3. The van der Waals surface area contributed by atoms with Crippen LogP contribution in [0.4, 0.5) is 4.79 Å². The Bertz CT molecular complexity index is 625. The van der Waals surface area contributed by atoms with Crippen molar-refractivity contribution in [3.8, 4) is 0 Å². The summed E-state index contributed by atoms with van der Waals surface area (Å²) in [6.07, 6.45) is 11.5. The van der Waals surface area contributed by atoms with Crippen molar-refractivity contribution in [3.05, 3.63) is 0 Å². The Morgan fingerprint density at radius 1 is 0.969 bits per heavy atom. The van der Waals surface area contributed by atoms with Crippen LogP contribution in [-0.4, -0.2) is 108 Å². The van der Waals surface area contributed by atoms with Gasteiger partial charge >= 0.3 is 12.1 Å². The van der Waals surface area contributed by atoms with Gasteiger partial charge in [-0.25, -0.2) is 4.79 Å². The predicted octanol–water partition coefficient (Wildman–Crippen LogP) is 2.68. The van der Waals surface area contributed by atoms with Crippen LogP contribution >= 0.6 is 0 Å². The third-order valence-corrected chi connectivity index (χ3v) is 8.35. The van der Waals surface area contributed by atoms with Crippen LogP contribution in [0.15, 0.2) is 0 Å². The molecule has 2 atom stereocenters. The van der Waals surface area contributed by atoms with E-state index in [1.54, 1.807) is 4.90 Å². The Morgan fingerprint density at radius 2 is 1.66 bits per heavy atom. The van der Waals surface area contributed by atoms with Crippen molar-refractivity contribution in [3.63, 3.8) is 0 Å². The van der Waals surface area contributed by atoms with Gasteiger partial charge in [0.15, 0.2) is 6.23 Å². The molecule has 4 aliphatic rings. The number of carbonyl (C=O) groups excluding carboxylic acids is 1. The maximum Gasteiger partial charge on any atom is 0.411 e. The standard InChI is InChI=1S/C24H42N4O4/c1-25-21(8-4-5-19-9-13-27(14-10-19)20-6-2-3-7-20)23(32-24(25)31)28-17-15-26(16-18-28)12-11-22(29)30/h19-21,23H,2-18H2,1H3,(H,29,30). The number of likely N-dealkylation sites (tertiary alicyclic amines) is 1. The topological polar surface area (TPSA) is 76.6 Å². The zero-order chi connectivity index (χ0) is 22.5. The lowest BCUT2D eigenvalue weighted by atomic mass is 9.89. The van der Waals surface area contributed by atoms with Crippen molar-refractivity contribution in [1.29, 1.82) is 0 Å². The van der Waals surface area contributed by atoms with E-state index in [1.807, 2.05) is 7.05 Å². The zero-order valence-electron chi connectivity index (χ0n) is 19.8. The molecule has 1 amide bonds. The number of carbonyl (C=O) groups is 2. The van der Waals surface area contributed by atoms with Gasteiger partial charge in [0.25, 0.3) is 0 Å². The van der Waals surface area contributed by atoms with E-state index < -0.39 is 5.97 Å². The molecule has 1 saturated carbocycles. The van der Waals surface area contributed by atoms with Crippen molar-refractivity contribution in [2.24, 2.45) is 5.92 Å². The minimum absolute atomic E-state index is 0.117. The fraction of sp³-hybridized carbons (Fsp3) is 0.917. The van der Waals surface area contributed by atoms with E-state index >= 15 is 0 Å². The van der Waals surface area contributed by atoms with E-state index in [4.69, 9.17) is 9.84 Å². The summed E-state index contributed by atoms with van der Waals surface area (Å²) in [5.74, 6) is 0.0789. The van der Waals surface area contributed by atoms with Crippen molar-refractivity contribution < 1.29 is 19.4 Å². The third kappa shape index (κ3) is 5.94. The Labute approximate surface area is 192 Å². The van der Waals surface area contributed by atoms with Crippen molar-refractivity contribution in [2.45, 2.75) is 82.5 Å². The summed E-state index contributed by atoms with van der Waals surface area (Å²) < 4.78 is 5.77. The second-order valence-electron chi connectivity index (χ2n) is 10.3. The number of hydrogen-bond acceptors (Lipinski definition) is 6. The molecule has 0 aromatic carbocycles. The number of hydrogen-bond donors (Lipinski definition) is 1. The fourth-order valence-corrected chi connectivity index (χ4v) is 6.23. The highest BCUT2D eigenvalue weighted by Gasteiger charge is 2.43. The number of nitrogens with zero attached hydrogens (tertiary/aromatic N) is 4. The number of piperazine rings is 1. The van der Waals surface area contributed by atoms with E-state index in [1.165, 1.54) is 58.0 Å². The van der Waals surface area contributed by atoms with Crippen molar-refractivity contribution >= 4 is 12.1 Å². The molecule has 8 heteroatoms. The van der Waals surface area contributed by atoms with Crippen LogP contribution in [0, 0.1) is 5.92 Å². The Kier molecular flexibility index (Phi) is 8.29. The molecule has 2 unspecified atom stereocenters. The third-order valence-electron chi connectivity index (χ3n) is 8.35. The van der Waals surface area contributed by atoms with Gasteiger partial charge in [-0.15, -0.1) is 0 Å². The molecule has 8 nitrogen and oxygen atoms in total. The SMILES string of the molecule is CN1C(=O)OC(N2CCN(CCC(=O)O)CC2)C1CCCC1CCN(C2CCCC2)CC1. The van der Waals surface area contributed by atoms with Gasteiger partial charge in [-0.05, 0) is 51.1 Å². The van der Waals surface area contributed by atoms with Crippen LogP contribution in [-0.2, 0) is 9.53 Å². The minimum atomic E-state index is -0.747. The molecule has 3 saturated heterocycles. The van der Waals surface area contributed by atoms with Crippen LogP contribution in [0.2, 0.25) is 0 Å². The molecule has 32 heavy (non-hydrogen) atoms. The molecule has 182 valence electrons. The normalized spacial score (nSPS) is 29.7. The molecule has 4 rings (SSSR count). The number of aliphatic carboxylic acids is 1. The van der Waals surface area contributed by atoms with Gasteiger partial charge in [-0.1, -0.05) is 25.7 Å². The summed E-state index contributed by atoms with van der Waals surface area (Å²) in [6, 6.07) is 0.975. The van der Waals surface area contributed by atoms with E-state index in [-0.39, 0.29) is 24.8 Å². The van der Waals surface area contributed by atoms with Gasteiger partial charge in [0, 0.05) is 45.8 Å². The molecular weight excluding hydrogens is 408 g/mol. The van der Waals surface area contributed by atoms with E-state index in [0.29, 0.717) is 6.54 Å². The minimum Gasteiger partial charge on any atom is -0.481 e. The summed E-state index contributed by atoms with van der Waals surface area (Å²) in [6.45, 7) is 6.44. The Balaban J connectivity index is 1.19. The van der Waals surface area contributed by atoms with E-state index in [9.17, 15) is 9.59 Å². The zero-order valence-corrected chi connectivity index (χ0v) is 19.8. The number of carboxylic acid groups (broad SMARTS) is 1. The average Bonchev–Trinajstić information content (AvgIpc) is 3.43. The lowest BCUT2D eigenvalue weighted by Crippen LogP contribution is -2.54. The first-order valence-electron chi connectivity index (χ1n) is 12.9. The highest BCUT2D eigenvalue weighted by atomic mass is 16.6. The van der Waals surface area contributed by atoms with Crippen LogP contribution in [0.1, 0.15) is 64.2 Å². The molecule has 0 aromatic heterocycles. The van der Waals surface area contributed by atoms with Crippen LogP contribution < -0.4 is 0 Å². The maximum atomic E-state index is 12.3. The summed E-state index contributed by atoms with van der Waals surface area (Å²) in [5, 5.41) is 8.90. The molecule has 0 radical (unpaired) electrons. The number of ether oxygens (including phenoxy) is 1. The highest BCUT2D eigenvalue weighted by molar-refractivity contribution is 5.70. The molecule has 4 fully saturated rings. The predicted molar refractivity (Wildman–Crippen MR) is 122 cm³/mol. The molecular formula is C24H42N4O4. The number of rotatable bonds is 9. The second kappa shape index (κ2) is 11.2. The van der Waals surface area contributed by atoms with Gasteiger partial charge < -0.3 is 24.5 Å². The molecule has 0 spiro atoms. The van der Waals surface area contributed by atoms with Gasteiger partial charge in [0.1, 0.15) is 0 Å². The summed E-state index contributed by atoms with van der Waals surface area (Å²) in [4.78, 5) is 32.1. The molecule has 0 bridgehead atoms. The smallest absolute Gasteiger partial charge is 0.411 e. The first kappa shape index (κ1) is 23.8. The summed E-state index contributed by atoms with van der Waals surface area (Å²) >= 11 is 0. The first-order chi connectivity index (χ1) is 15.5. The van der Waals surface area contributed by atoms with Gasteiger partial charge in [0.2, 0.25) is 0 Å². The van der Waals surface area contributed by atoms with Crippen molar-refractivity contribution in [1.82, 2.24) is 19.6 Å². The number of cyclic esters (lactones) is 1. The molecule has 1 aliphatic carbocycles. The molecule has 1 N–H and O–H groups in total. The monoisotopic (exact) mass is 450 g/mol. The number of piperidine rings is 1. The van der Waals surface area contributed by atoms with E-state index in [0.717, 1.165) is 51.0 Å². The van der Waals surface area contributed by atoms with Gasteiger partial charge in [-0.3, -0.25) is 9.69 Å². The molecule has 0 aromatic rings. The molecule has 3 heterocycles. The van der Waals surface area contributed by atoms with Crippen LogP contribution in [0.25, 0.3) is 0 Å². The average molecular weight is 451 g/mol. The first-order valence-corrected chi connectivity index (χ1v) is 12.9. The van der Waals surface area contributed by atoms with Gasteiger partial charge in [0.05, 0.1) is 12.5 Å². The number of likely N-dealkylation sites (N-methyl/N-ethyl adjacent to an activating group) is 1. The van der Waals surface area contributed by atoms with Crippen LogP contribution in [0.5, 0.6) is 0 Å². The summed E-state index contributed by atoms with van der Waals surface area (Å²) in [5.41, 5.74) is 0. The Morgan fingerprint density at radius 3 is 2.31 bits per heavy atom. The van der Waals surface area contributed by atoms with E-state index in [2.05, 4.69) is 14.7 Å². The van der Waals surface area contributed by atoms with Crippen molar-refractivity contribution in [2.75, 3.05) is 52.9 Å². The quantitative estimate of drug-likeness (QED) is 0.579. The highest BCUT2D eigenvalue weighted by Crippen LogP contribution is 2.31. The number of carboxylic acids is 1. The lowest BCUT2D eigenvalue weighted by molar-refractivity contribution is -0.137. The fourth-order valence-electron chi connectivity index (χ4n) is 6.23. The largest absolute Gasteiger partial charge is 0.481 e. The summed E-state index contributed by atoms with van der Waals surface area (Å²) in [7, 11) is 1.87.